The van der Waals surface area contributed by atoms with Crippen LogP contribution in [0.25, 0.3) is 11.3 Å². The molecule has 6 rings (SSSR count). The number of fused-ring (bicyclic) bond motifs is 3. The molecule has 3 aromatic heterocycles. The Morgan fingerprint density at radius 2 is 1.94 bits per heavy atom. The number of hydrogen-bond acceptors (Lipinski definition) is 5. The number of carbonyl (C=O) groups is 1. The predicted molar refractivity (Wildman–Crippen MR) is 118 cm³/mol. The number of aryl methyl sites for hydroxylation is 1. The van der Waals surface area contributed by atoms with Crippen LogP contribution in [0, 0.1) is 18.7 Å². The lowest BCUT2D eigenvalue weighted by molar-refractivity contribution is -0.137. The number of amides is 1. The molecule has 5 heterocycles. The Bertz CT molecular complexity index is 1250. The summed E-state index contributed by atoms with van der Waals surface area (Å²) >= 11 is 0. The first kappa shape index (κ1) is 23.2. The number of ether oxygens (including phenoxy) is 1. The lowest BCUT2D eigenvalue weighted by Crippen LogP contribution is -2.59. The number of carbonyl (C=O) groups excluding carboxylic acids is 1. The number of rotatable bonds is 4. The van der Waals surface area contributed by atoms with Crippen LogP contribution in [-0.4, -0.2) is 44.4 Å². The Kier molecular flexibility index (Phi) is 5.90. The van der Waals surface area contributed by atoms with E-state index in [0.717, 1.165) is 24.2 Å². The average molecular weight is 486 g/mol. The predicted octanol–water partition coefficient (Wildman–Crippen LogP) is 5.08. The first-order valence-corrected chi connectivity index (χ1v) is 11.3. The maximum absolute atomic E-state index is 14.5. The molecule has 1 saturated carbocycles. The van der Waals surface area contributed by atoms with Crippen LogP contribution in [0.3, 0.4) is 0 Å². The minimum absolute atomic E-state index is 0.0518. The summed E-state index contributed by atoms with van der Waals surface area (Å²) in [4.78, 5) is 27.6. The quantitative estimate of drug-likeness (QED) is 0.482. The second-order valence-corrected chi connectivity index (χ2v) is 8.99. The van der Waals surface area contributed by atoms with Crippen molar-refractivity contribution in [2.45, 2.75) is 44.5 Å². The molecule has 0 N–H and O–H groups in total. The maximum Gasteiger partial charge on any atom is 0.417 e. The van der Waals surface area contributed by atoms with E-state index in [1.165, 1.54) is 24.4 Å². The first-order chi connectivity index (χ1) is 16.7. The first-order valence-electron chi connectivity index (χ1n) is 11.3. The van der Waals surface area contributed by atoms with Crippen LogP contribution in [0.5, 0.6) is 5.88 Å². The van der Waals surface area contributed by atoms with E-state index in [1.807, 2.05) is 0 Å². The van der Waals surface area contributed by atoms with Gasteiger partial charge in [0, 0.05) is 36.8 Å². The van der Waals surface area contributed by atoms with Gasteiger partial charge in [0.2, 0.25) is 5.88 Å². The molecule has 1 aliphatic carbocycles. The highest BCUT2D eigenvalue weighted by Crippen LogP contribution is 2.39. The largest absolute Gasteiger partial charge is 0.472 e. The molecule has 1 unspecified atom stereocenters. The summed E-state index contributed by atoms with van der Waals surface area (Å²) in [6.07, 6.45) is 1.11. The third kappa shape index (κ3) is 4.56. The molecule has 2 saturated heterocycles. The Hall–Kier alpha value is -3.56. The number of alkyl halides is 3. The fourth-order valence-corrected chi connectivity index (χ4v) is 4.90. The van der Waals surface area contributed by atoms with E-state index in [1.54, 1.807) is 24.1 Å². The molecule has 3 aliphatic rings. The van der Waals surface area contributed by atoms with Gasteiger partial charge in [-0.2, -0.15) is 13.2 Å². The second-order valence-electron chi connectivity index (χ2n) is 8.99. The van der Waals surface area contributed by atoms with Crippen molar-refractivity contribution in [1.82, 2.24) is 19.9 Å². The SMILES string of the molecule is Cc1cnc(C(=O)N2CC3CC[C@H]2[C@H](Oc2ccc(C(F)(F)F)cn2)C3)c(-c2ncccc2F)c1. The average Bonchev–Trinajstić information content (AvgIpc) is 2.84. The summed E-state index contributed by atoms with van der Waals surface area (Å²) in [5, 5.41) is 0. The van der Waals surface area contributed by atoms with Gasteiger partial charge in [0.05, 0.1) is 11.6 Å². The van der Waals surface area contributed by atoms with Gasteiger partial charge in [-0.1, -0.05) is 0 Å². The lowest BCUT2D eigenvalue weighted by atomic mass is 9.77. The van der Waals surface area contributed by atoms with Crippen molar-refractivity contribution in [3.63, 3.8) is 0 Å². The van der Waals surface area contributed by atoms with E-state index in [9.17, 15) is 22.4 Å². The van der Waals surface area contributed by atoms with E-state index >= 15 is 0 Å². The van der Waals surface area contributed by atoms with E-state index < -0.39 is 23.7 Å². The molecule has 0 radical (unpaired) electrons. The van der Waals surface area contributed by atoms with Crippen molar-refractivity contribution in [3.05, 3.63) is 71.6 Å². The van der Waals surface area contributed by atoms with Gasteiger partial charge < -0.3 is 9.64 Å². The van der Waals surface area contributed by atoms with Crippen molar-refractivity contribution in [2.24, 2.45) is 5.92 Å². The minimum Gasteiger partial charge on any atom is -0.472 e. The molecule has 0 spiro atoms. The van der Waals surface area contributed by atoms with Crippen LogP contribution in [0.4, 0.5) is 17.6 Å². The van der Waals surface area contributed by atoms with Crippen LogP contribution < -0.4 is 4.74 Å². The van der Waals surface area contributed by atoms with E-state index in [-0.39, 0.29) is 35.1 Å². The summed E-state index contributed by atoms with van der Waals surface area (Å²) in [5.41, 5.74) is 0.377. The molecule has 3 atom stereocenters. The summed E-state index contributed by atoms with van der Waals surface area (Å²) in [6, 6.07) is 6.26. The van der Waals surface area contributed by atoms with Gasteiger partial charge in [-0.05, 0) is 61.9 Å². The van der Waals surface area contributed by atoms with Crippen LogP contribution in [-0.2, 0) is 6.18 Å². The highest BCUT2D eigenvalue weighted by atomic mass is 19.4. The highest BCUT2D eigenvalue weighted by Gasteiger charge is 2.45. The Balaban J connectivity index is 1.41. The van der Waals surface area contributed by atoms with Crippen LogP contribution in [0.1, 0.15) is 40.9 Å². The van der Waals surface area contributed by atoms with Crippen LogP contribution in [0.2, 0.25) is 0 Å². The number of piperidine rings is 2. The van der Waals surface area contributed by atoms with Gasteiger partial charge in [-0.3, -0.25) is 14.8 Å². The molecule has 182 valence electrons. The molecular formula is C25H22F4N4O2. The van der Waals surface area contributed by atoms with E-state index in [2.05, 4.69) is 15.0 Å². The standard InChI is InChI=1S/C25H22F4N4O2/c1-14-9-17(22-18(26)3-2-8-30-22)23(32-11-14)24(34)33-13-15-4-6-19(33)20(10-15)35-21-7-5-16(12-31-21)25(27,28)29/h2-3,5,7-9,11-12,15,19-20H,4,6,10,13H2,1H3/t15?,19-,20+/m0/s1. The fourth-order valence-electron chi connectivity index (χ4n) is 4.90. The third-order valence-corrected chi connectivity index (χ3v) is 6.56. The summed E-state index contributed by atoms with van der Waals surface area (Å²) < 4.78 is 59.0. The second kappa shape index (κ2) is 8.90. The lowest BCUT2D eigenvalue weighted by Gasteiger charge is -2.49. The zero-order chi connectivity index (χ0) is 24.7. The molecule has 1 amide bonds. The number of halogens is 4. The minimum atomic E-state index is -4.48. The Morgan fingerprint density at radius 1 is 1.11 bits per heavy atom. The van der Waals surface area contributed by atoms with Crippen molar-refractivity contribution < 1.29 is 27.1 Å². The highest BCUT2D eigenvalue weighted by molar-refractivity contribution is 5.99. The molecular weight excluding hydrogens is 464 g/mol. The molecule has 2 bridgehead atoms. The van der Waals surface area contributed by atoms with Gasteiger partial charge in [0.15, 0.2) is 0 Å². The van der Waals surface area contributed by atoms with Gasteiger partial charge in [-0.25, -0.2) is 9.37 Å². The van der Waals surface area contributed by atoms with Gasteiger partial charge >= 0.3 is 6.18 Å². The van der Waals surface area contributed by atoms with Gasteiger partial charge in [0.25, 0.3) is 5.91 Å². The fraction of sp³-hybridized carbons (Fsp3) is 0.360. The monoisotopic (exact) mass is 486 g/mol. The van der Waals surface area contributed by atoms with Gasteiger partial charge in [-0.15, -0.1) is 0 Å². The number of hydrogen-bond donors (Lipinski definition) is 0. The maximum atomic E-state index is 14.5. The zero-order valence-electron chi connectivity index (χ0n) is 18.8. The number of aromatic nitrogens is 3. The van der Waals surface area contributed by atoms with E-state index in [4.69, 9.17) is 4.74 Å². The Labute approximate surface area is 199 Å². The molecule has 2 aliphatic heterocycles. The molecule has 10 heteroatoms. The zero-order valence-corrected chi connectivity index (χ0v) is 18.8. The van der Waals surface area contributed by atoms with Crippen molar-refractivity contribution in [3.8, 4) is 17.1 Å². The molecule has 3 fully saturated rings. The molecule has 3 aromatic rings. The van der Waals surface area contributed by atoms with Crippen molar-refractivity contribution in [2.75, 3.05) is 6.54 Å². The third-order valence-electron chi connectivity index (χ3n) is 6.56. The smallest absolute Gasteiger partial charge is 0.417 e. The summed E-state index contributed by atoms with van der Waals surface area (Å²) in [7, 11) is 0. The summed E-state index contributed by atoms with van der Waals surface area (Å²) in [6.45, 7) is 2.30. The number of pyridine rings is 3. The van der Waals surface area contributed by atoms with Crippen LogP contribution >= 0.6 is 0 Å². The number of nitrogens with zero attached hydrogens (tertiary/aromatic N) is 4. The van der Waals surface area contributed by atoms with E-state index in [0.29, 0.717) is 24.9 Å². The normalized spacial score (nSPS) is 21.7. The van der Waals surface area contributed by atoms with Crippen LogP contribution in [0.15, 0.2) is 48.9 Å². The molecule has 0 aromatic carbocycles. The molecule has 6 nitrogen and oxygen atoms in total. The summed E-state index contributed by atoms with van der Waals surface area (Å²) in [5.74, 6) is -0.659. The Morgan fingerprint density at radius 3 is 2.63 bits per heavy atom. The topological polar surface area (TPSA) is 68.2 Å². The van der Waals surface area contributed by atoms with Crippen molar-refractivity contribution >= 4 is 5.91 Å². The van der Waals surface area contributed by atoms with Gasteiger partial charge in [0.1, 0.15) is 23.3 Å². The van der Waals surface area contributed by atoms with Crippen molar-refractivity contribution in [1.29, 1.82) is 0 Å². The molecule has 35 heavy (non-hydrogen) atoms.